The molecule has 2 aromatic heterocycles. The Labute approximate surface area is 407 Å². The maximum absolute atomic E-state index is 14.6. The normalized spacial score (nSPS) is 22.9. The molecule has 11 rings (SSSR count). The van der Waals surface area contributed by atoms with E-state index in [2.05, 4.69) is 50.8 Å². The number of nitro groups is 1. The number of amides is 1. The first kappa shape index (κ1) is 46.0. The molecule has 5 fully saturated rings. The van der Waals surface area contributed by atoms with E-state index in [0.29, 0.717) is 73.9 Å². The quantitative estimate of drug-likeness (QED) is 0.0796. The minimum absolute atomic E-state index is 0.107. The Morgan fingerprint density at radius 2 is 1.78 bits per heavy atom. The molecule has 69 heavy (non-hydrogen) atoms. The smallest absolute Gasteiger partial charge is 0.293 e. The highest BCUT2D eigenvalue weighted by molar-refractivity contribution is 7.90. The topological polar surface area (TPSA) is 184 Å². The van der Waals surface area contributed by atoms with Gasteiger partial charge in [-0.15, -0.1) is 0 Å². The van der Waals surface area contributed by atoms with E-state index < -0.39 is 37.5 Å². The Hall–Kier alpha value is -5.46. The number of H-pyrrole nitrogens is 1. The van der Waals surface area contributed by atoms with Gasteiger partial charge in [0.2, 0.25) is 5.88 Å². The number of hydrogen-bond acceptors (Lipinski definition) is 13. The number of aromatic amines is 1. The number of nitro benzene ring substituents is 1. The van der Waals surface area contributed by atoms with Crippen LogP contribution in [0.1, 0.15) is 98.7 Å². The standard InChI is InChI=1S/C51H59ClN8O8S/c1-31(2)40-23-34(52)5-8-38(40)42-4-3-17-58(42)36-26-51(27-36)14-18-57(19-15-51)35-6-9-39(43(24-35)59-45-22-33-11-16-53-48(33)55-50(45)68-47-30-67-29-46(47)59)49(61)56-69(64,65)37-7-10-41(44(25-37)60(62)63)54-28-32-12-20-66-21-13-32/h5-11,16,22-25,31-32,36,42,46-47,54H,3-4,12-15,17-21,26-30H2,1-2H3,(H,53,55)(H,56,61)/t42-,46+,47+/m0/s1. The third-order valence-corrected chi connectivity index (χ3v) is 17.3. The molecule has 4 saturated heterocycles. The van der Waals surface area contributed by atoms with Gasteiger partial charge < -0.3 is 34.3 Å². The number of nitrogens with zero attached hydrogens (tertiary/aromatic N) is 5. The van der Waals surface area contributed by atoms with Crippen molar-refractivity contribution < 1.29 is 32.3 Å². The van der Waals surface area contributed by atoms with Crippen LogP contribution in [0, 0.1) is 21.4 Å². The van der Waals surface area contributed by atoms with Gasteiger partial charge in [-0.2, -0.15) is 4.98 Å². The van der Waals surface area contributed by atoms with Gasteiger partial charge in [-0.1, -0.05) is 31.5 Å². The average molecular weight is 980 g/mol. The largest absolute Gasteiger partial charge is 0.468 e. The molecule has 16 nitrogen and oxygen atoms in total. The Bertz CT molecular complexity index is 2890. The number of sulfonamides is 1. The van der Waals surface area contributed by atoms with E-state index in [1.165, 1.54) is 48.9 Å². The van der Waals surface area contributed by atoms with Crippen molar-refractivity contribution in [1.29, 1.82) is 0 Å². The number of carbonyl (C=O) groups is 1. The first-order chi connectivity index (χ1) is 33.3. The van der Waals surface area contributed by atoms with Gasteiger partial charge >= 0.3 is 0 Å². The number of fused-ring (bicyclic) bond motifs is 3. The Balaban J connectivity index is 0.862. The maximum Gasteiger partial charge on any atom is 0.293 e. The van der Waals surface area contributed by atoms with E-state index in [1.807, 2.05) is 35.2 Å². The summed E-state index contributed by atoms with van der Waals surface area (Å²) in [6.07, 6.45) is 9.84. The zero-order chi connectivity index (χ0) is 47.6. The molecule has 18 heteroatoms. The summed E-state index contributed by atoms with van der Waals surface area (Å²) in [6, 6.07) is 20.2. The average Bonchev–Trinajstić information content (AvgIpc) is 4.13. The van der Waals surface area contributed by atoms with Gasteiger partial charge in [-0.25, -0.2) is 13.1 Å². The molecule has 1 aliphatic carbocycles. The van der Waals surface area contributed by atoms with Crippen LogP contribution in [0.25, 0.3) is 11.0 Å². The predicted octanol–water partition coefficient (Wildman–Crippen LogP) is 9.09. The molecule has 1 spiro atoms. The van der Waals surface area contributed by atoms with Crippen molar-refractivity contribution in [2.75, 3.05) is 67.7 Å². The van der Waals surface area contributed by atoms with Crippen molar-refractivity contribution in [2.45, 2.75) is 100 Å². The van der Waals surface area contributed by atoms with Crippen molar-refractivity contribution in [2.24, 2.45) is 11.3 Å². The van der Waals surface area contributed by atoms with Crippen molar-refractivity contribution in [3.8, 4) is 5.88 Å². The monoisotopic (exact) mass is 978 g/mol. The number of piperidine rings is 1. The van der Waals surface area contributed by atoms with Crippen LogP contribution in [-0.4, -0.2) is 105 Å². The van der Waals surface area contributed by atoms with E-state index >= 15 is 0 Å². The van der Waals surface area contributed by atoms with Crippen LogP contribution in [0.5, 0.6) is 5.88 Å². The summed E-state index contributed by atoms with van der Waals surface area (Å²) in [4.78, 5) is 41.0. The second-order valence-electron chi connectivity index (χ2n) is 20.2. The maximum atomic E-state index is 14.6. The Morgan fingerprint density at radius 1 is 0.971 bits per heavy atom. The van der Waals surface area contributed by atoms with E-state index in [-0.39, 0.29) is 28.6 Å². The zero-order valence-corrected chi connectivity index (χ0v) is 40.6. The fraction of sp³-hybridized carbons (Fsp3) is 0.490. The van der Waals surface area contributed by atoms with Crippen molar-refractivity contribution in [1.82, 2.24) is 19.6 Å². The molecular weight excluding hydrogens is 920 g/mol. The van der Waals surface area contributed by atoms with Gasteiger partial charge in [0.1, 0.15) is 23.1 Å². The van der Waals surface area contributed by atoms with Crippen LogP contribution in [0.3, 0.4) is 0 Å². The molecule has 1 saturated carbocycles. The SMILES string of the molecule is CC(C)c1cc(Cl)ccc1[C@@H]1CCCN1C1CC2(CCN(c3ccc(C(=O)NS(=O)(=O)c4ccc(NCC5CCOCC5)c([N+](=O)[O-])c4)c(N4c5cc6cc[nH]c6nc5O[C@@H]5COC[C@H]54)c3)CC2)C1. The number of hydrogen-bond donors (Lipinski definition) is 3. The van der Waals surface area contributed by atoms with Crippen LogP contribution in [0.4, 0.5) is 28.4 Å². The van der Waals surface area contributed by atoms with Gasteiger partial charge in [0, 0.05) is 73.3 Å². The van der Waals surface area contributed by atoms with Gasteiger partial charge in [0.05, 0.1) is 40.3 Å². The number of carbonyl (C=O) groups excluding carboxylic acids is 1. The van der Waals surface area contributed by atoms with Crippen molar-refractivity contribution >= 4 is 67.0 Å². The molecule has 3 atom stereocenters. The lowest BCUT2D eigenvalue weighted by Gasteiger charge is -2.56. The molecule has 0 radical (unpaired) electrons. The first-order valence-electron chi connectivity index (χ1n) is 24.5. The number of halogens is 1. The van der Waals surface area contributed by atoms with Gasteiger partial charge in [0.15, 0.2) is 0 Å². The lowest BCUT2D eigenvalue weighted by atomic mass is 9.59. The number of pyridine rings is 1. The van der Waals surface area contributed by atoms with Crippen LogP contribution in [0.15, 0.2) is 77.8 Å². The third-order valence-electron chi connectivity index (χ3n) is 15.8. The van der Waals surface area contributed by atoms with Crippen molar-refractivity contribution in [3.63, 3.8) is 0 Å². The van der Waals surface area contributed by atoms with Crippen LogP contribution in [0.2, 0.25) is 5.02 Å². The summed E-state index contributed by atoms with van der Waals surface area (Å²) in [6.45, 7) is 9.64. The molecule has 5 aromatic rings. The number of benzene rings is 3. The molecule has 0 bridgehead atoms. The van der Waals surface area contributed by atoms with E-state index in [0.717, 1.165) is 67.5 Å². The van der Waals surface area contributed by atoms with Crippen LogP contribution < -0.4 is 24.6 Å². The second-order valence-corrected chi connectivity index (χ2v) is 22.4. The number of anilines is 4. The summed E-state index contributed by atoms with van der Waals surface area (Å²) in [5.41, 5.74) is 5.62. The highest BCUT2D eigenvalue weighted by Crippen LogP contribution is 2.55. The number of aromatic nitrogens is 2. The molecule has 0 unspecified atom stereocenters. The van der Waals surface area contributed by atoms with Crippen LogP contribution >= 0.6 is 11.6 Å². The summed E-state index contributed by atoms with van der Waals surface area (Å²) in [5, 5.41) is 17.0. The minimum atomic E-state index is -4.59. The van der Waals surface area contributed by atoms with Gasteiger partial charge in [-0.3, -0.25) is 19.8 Å². The highest BCUT2D eigenvalue weighted by atomic mass is 35.5. The third kappa shape index (κ3) is 8.78. The number of likely N-dealkylation sites (tertiary alicyclic amines) is 1. The molecule has 3 aromatic carbocycles. The second kappa shape index (κ2) is 18.4. The first-order valence-corrected chi connectivity index (χ1v) is 26.3. The Kier molecular flexibility index (Phi) is 12.2. The fourth-order valence-electron chi connectivity index (χ4n) is 12.0. The molecule has 6 aliphatic rings. The summed E-state index contributed by atoms with van der Waals surface area (Å²) in [5.74, 6) is 0.163. The molecule has 7 heterocycles. The van der Waals surface area contributed by atoms with E-state index in [1.54, 1.807) is 12.3 Å². The molecule has 5 aliphatic heterocycles. The molecule has 3 N–H and O–H groups in total. The number of rotatable bonds is 12. The van der Waals surface area contributed by atoms with E-state index in [4.69, 9.17) is 30.8 Å². The summed E-state index contributed by atoms with van der Waals surface area (Å²) >= 11 is 6.47. The fourth-order valence-corrected chi connectivity index (χ4v) is 13.1. The molecule has 1 amide bonds. The van der Waals surface area contributed by atoms with E-state index in [9.17, 15) is 23.3 Å². The number of ether oxygens (including phenoxy) is 3. The highest BCUT2D eigenvalue weighted by Gasteiger charge is 2.50. The Morgan fingerprint density at radius 3 is 2.57 bits per heavy atom. The predicted molar refractivity (Wildman–Crippen MR) is 265 cm³/mol. The van der Waals surface area contributed by atoms with Gasteiger partial charge in [-0.05, 0) is 141 Å². The lowest BCUT2D eigenvalue weighted by molar-refractivity contribution is -0.384. The van der Waals surface area contributed by atoms with Crippen molar-refractivity contribution in [3.05, 3.63) is 105 Å². The lowest BCUT2D eigenvalue weighted by Crippen LogP contribution is -2.55. The molecule has 364 valence electrons. The van der Waals surface area contributed by atoms with Gasteiger partial charge in [0.25, 0.3) is 21.6 Å². The minimum Gasteiger partial charge on any atom is -0.468 e. The molecular formula is C51H59ClN8O8S. The summed E-state index contributed by atoms with van der Waals surface area (Å²) < 4.78 is 48.3. The summed E-state index contributed by atoms with van der Waals surface area (Å²) in [7, 11) is -4.59. The van der Waals surface area contributed by atoms with Crippen LogP contribution in [-0.2, 0) is 19.5 Å². The number of nitrogens with one attached hydrogen (secondary N) is 3. The zero-order valence-electron chi connectivity index (χ0n) is 39.0.